The van der Waals surface area contributed by atoms with Crippen LogP contribution in [0.5, 0.6) is 0 Å². The summed E-state index contributed by atoms with van der Waals surface area (Å²) < 4.78 is 11.2. The van der Waals surface area contributed by atoms with Gasteiger partial charge in [-0.3, -0.25) is 4.79 Å². The van der Waals surface area contributed by atoms with Crippen LogP contribution in [0, 0.1) is 0 Å². The van der Waals surface area contributed by atoms with Crippen LogP contribution < -0.4 is 5.32 Å². The molecule has 0 aliphatic carbocycles. The zero-order valence-corrected chi connectivity index (χ0v) is 48.4. The van der Waals surface area contributed by atoms with E-state index in [-0.39, 0.29) is 12.5 Å². The lowest BCUT2D eigenvalue weighted by molar-refractivity contribution is -0.302. The van der Waals surface area contributed by atoms with Crippen molar-refractivity contribution in [2.24, 2.45) is 0 Å². The molecule has 0 aromatic heterocycles. The van der Waals surface area contributed by atoms with Gasteiger partial charge in [0.25, 0.3) is 0 Å². The van der Waals surface area contributed by atoms with Gasteiger partial charge in [0.1, 0.15) is 24.4 Å². The molecule has 7 atom stereocenters. The molecule has 1 rings (SSSR count). The lowest BCUT2D eigenvalue weighted by atomic mass is 9.99. The van der Waals surface area contributed by atoms with E-state index < -0.39 is 49.5 Å². The summed E-state index contributed by atoms with van der Waals surface area (Å²) in [4.78, 5) is 13.1. The van der Waals surface area contributed by atoms with Crippen molar-refractivity contribution >= 4 is 5.91 Å². The van der Waals surface area contributed by atoms with Crippen LogP contribution in [-0.4, -0.2) is 87.5 Å². The number of amides is 1. The Morgan fingerprint density at radius 3 is 1.25 bits per heavy atom. The molecule has 0 aromatic rings. The van der Waals surface area contributed by atoms with E-state index in [2.05, 4.69) is 153 Å². The van der Waals surface area contributed by atoms with E-state index in [1.165, 1.54) is 70.6 Å². The van der Waals surface area contributed by atoms with Crippen LogP contribution in [0.2, 0.25) is 0 Å². The Bertz CT molecular complexity index is 1720. The normalized spacial score (nSPS) is 19.8. The van der Waals surface area contributed by atoms with Gasteiger partial charge in [0.05, 0.1) is 25.4 Å². The predicted octanol–water partition coefficient (Wildman–Crippen LogP) is 15.8. The number of aliphatic hydroxyl groups is 5. The van der Waals surface area contributed by atoms with Crippen LogP contribution in [0.25, 0.3) is 0 Å². The Morgan fingerprint density at radius 2 is 0.818 bits per heavy atom. The Kier molecular flexibility index (Phi) is 51.1. The predicted molar refractivity (Wildman–Crippen MR) is 326 cm³/mol. The molecule has 1 aliphatic rings. The second kappa shape index (κ2) is 55.4. The van der Waals surface area contributed by atoms with Crippen LogP contribution in [-0.2, 0) is 14.3 Å². The van der Waals surface area contributed by atoms with Crippen LogP contribution in [0.1, 0.15) is 219 Å². The summed E-state index contributed by atoms with van der Waals surface area (Å²) in [6, 6.07) is -0.841. The third-order valence-corrected chi connectivity index (χ3v) is 13.4. The molecular weight excluding hydrogens is 959 g/mol. The second-order valence-corrected chi connectivity index (χ2v) is 20.4. The first-order valence-electron chi connectivity index (χ1n) is 30.6. The molecule has 436 valence electrons. The van der Waals surface area contributed by atoms with E-state index in [1.807, 2.05) is 6.08 Å². The zero-order valence-electron chi connectivity index (χ0n) is 48.4. The molecule has 0 spiro atoms. The summed E-state index contributed by atoms with van der Waals surface area (Å²) in [5.74, 6) is -0.207. The summed E-state index contributed by atoms with van der Waals surface area (Å²) >= 11 is 0. The molecular formula is C68H111NO8. The van der Waals surface area contributed by atoms with Gasteiger partial charge in [0.2, 0.25) is 5.91 Å². The van der Waals surface area contributed by atoms with Crippen LogP contribution in [0.4, 0.5) is 0 Å². The maximum absolute atomic E-state index is 13.1. The smallest absolute Gasteiger partial charge is 0.220 e. The Morgan fingerprint density at radius 1 is 0.455 bits per heavy atom. The number of carbonyl (C=O) groups is 1. The molecule has 6 N–H and O–H groups in total. The number of nitrogens with one attached hydrogen (secondary N) is 1. The minimum absolute atomic E-state index is 0.207. The maximum atomic E-state index is 13.1. The van der Waals surface area contributed by atoms with Gasteiger partial charge in [0, 0.05) is 6.42 Å². The standard InChI is InChI=1S/C68H111NO8/c1-3-5-7-9-11-13-15-17-19-21-22-23-24-25-26-27-28-29-30-31-32-33-34-35-36-37-38-39-40-42-44-46-48-50-52-54-56-58-64(72)69-61(60-76-68-67(75)66(74)65(73)63(59-70)77-68)62(71)57-55-53-51-49-47-45-43-41-20-18-16-14-12-10-8-6-4-2/h5,7,11,13,17,19,22-23,25-26,28-29,31-32,34-35,37-38,40,42,47,49,55,57,61-63,65-68,70-71,73-75H,3-4,6,8-10,12,14-16,18,20-21,24,27,30,33,36,39,41,43-46,48,50-54,56,58-60H2,1-2H3,(H,69,72)/b7-5-,13-11-,19-17-,23-22-,26-25-,29-28-,32-31-,35-34-,38-37-,42-40-,49-47+,57-55+. The number of rotatable bonds is 50. The highest BCUT2D eigenvalue weighted by atomic mass is 16.7. The van der Waals surface area contributed by atoms with E-state index in [4.69, 9.17) is 9.47 Å². The molecule has 0 aromatic carbocycles. The molecule has 9 heteroatoms. The average Bonchev–Trinajstić information content (AvgIpc) is 3.43. The van der Waals surface area contributed by atoms with Gasteiger partial charge in [-0.15, -0.1) is 0 Å². The molecule has 0 bridgehead atoms. The van der Waals surface area contributed by atoms with Crippen molar-refractivity contribution in [3.05, 3.63) is 146 Å². The number of aliphatic hydroxyl groups excluding tert-OH is 5. The highest BCUT2D eigenvalue weighted by molar-refractivity contribution is 5.76. The summed E-state index contributed by atoms with van der Waals surface area (Å²) in [5.41, 5.74) is 0. The van der Waals surface area contributed by atoms with Crippen LogP contribution >= 0.6 is 0 Å². The number of allylic oxidation sites excluding steroid dienone is 23. The maximum Gasteiger partial charge on any atom is 0.220 e. The van der Waals surface area contributed by atoms with Gasteiger partial charge in [-0.25, -0.2) is 0 Å². The van der Waals surface area contributed by atoms with Gasteiger partial charge >= 0.3 is 0 Å². The van der Waals surface area contributed by atoms with Crippen molar-refractivity contribution in [2.45, 2.75) is 262 Å². The molecule has 77 heavy (non-hydrogen) atoms. The molecule has 1 fully saturated rings. The van der Waals surface area contributed by atoms with Crippen LogP contribution in [0.15, 0.2) is 146 Å². The third-order valence-electron chi connectivity index (χ3n) is 13.4. The number of unbranched alkanes of at least 4 members (excludes halogenated alkanes) is 18. The topological polar surface area (TPSA) is 149 Å². The molecule has 0 radical (unpaired) electrons. The van der Waals surface area contributed by atoms with Crippen molar-refractivity contribution in [3.8, 4) is 0 Å². The zero-order chi connectivity index (χ0) is 55.8. The molecule has 0 saturated carbocycles. The van der Waals surface area contributed by atoms with Crippen molar-refractivity contribution in [2.75, 3.05) is 13.2 Å². The summed E-state index contributed by atoms with van der Waals surface area (Å²) in [6.45, 7) is 3.63. The molecule has 7 unspecified atom stereocenters. The highest BCUT2D eigenvalue weighted by Crippen LogP contribution is 2.23. The minimum Gasteiger partial charge on any atom is -0.394 e. The first-order chi connectivity index (χ1) is 37.8. The number of hydrogen-bond donors (Lipinski definition) is 6. The van der Waals surface area contributed by atoms with E-state index >= 15 is 0 Å². The quantitative estimate of drug-likeness (QED) is 0.0261. The van der Waals surface area contributed by atoms with Gasteiger partial charge < -0.3 is 40.3 Å². The van der Waals surface area contributed by atoms with Crippen molar-refractivity contribution in [3.63, 3.8) is 0 Å². The van der Waals surface area contributed by atoms with Gasteiger partial charge in [-0.2, -0.15) is 0 Å². The third kappa shape index (κ3) is 44.6. The van der Waals surface area contributed by atoms with Crippen molar-refractivity contribution < 1.29 is 39.8 Å². The highest BCUT2D eigenvalue weighted by Gasteiger charge is 2.44. The first kappa shape index (κ1) is 71.1. The Balaban J connectivity index is 2.23. The number of ether oxygens (including phenoxy) is 2. The monoisotopic (exact) mass is 1070 g/mol. The fourth-order valence-corrected chi connectivity index (χ4v) is 8.61. The van der Waals surface area contributed by atoms with Crippen molar-refractivity contribution in [1.29, 1.82) is 0 Å². The summed E-state index contributed by atoms with van der Waals surface area (Å²) in [5, 5.41) is 54.5. The minimum atomic E-state index is -1.58. The number of carbonyl (C=O) groups excluding carboxylic acids is 1. The molecule has 1 amide bonds. The van der Waals surface area contributed by atoms with Gasteiger partial charge in [-0.1, -0.05) is 250 Å². The van der Waals surface area contributed by atoms with Crippen LogP contribution in [0.3, 0.4) is 0 Å². The second-order valence-electron chi connectivity index (χ2n) is 20.4. The largest absolute Gasteiger partial charge is 0.394 e. The lowest BCUT2D eigenvalue weighted by Gasteiger charge is -2.40. The molecule has 1 heterocycles. The molecule has 1 aliphatic heterocycles. The molecule has 9 nitrogen and oxygen atoms in total. The van der Waals surface area contributed by atoms with Gasteiger partial charge in [0.15, 0.2) is 6.29 Å². The lowest BCUT2D eigenvalue weighted by Crippen LogP contribution is -2.60. The molecule has 1 saturated heterocycles. The fraction of sp³-hybridized carbons (Fsp3) is 0.632. The summed E-state index contributed by atoms with van der Waals surface area (Å²) in [6.07, 6.45) is 79.1. The van der Waals surface area contributed by atoms with Crippen molar-refractivity contribution in [1.82, 2.24) is 5.32 Å². The Hall–Kier alpha value is -3.93. The van der Waals surface area contributed by atoms with E-state index in [0.717, 1.165) is 128 Å². The first-order valence-corrected chi connectivity index (χ1v) is 30.6. The average molecular weight is 1070 g/mol. The van der Waals surface area contributed by atoms with E-state index in [9.17, 15) is 30.3 Å². The Labute approximate surface area is 470 Å². The SMILES string of the molecule is CC/C=C\C/C=C\C/C=C\C/C=C\C/C=C\C/C=C\C/C=C\C/C=C\C/C=C\C/C=C\CCCCCCCCC(=O)NC(COC1OC(CO)C(O)C(O)C1O)C(O)/C=C/CC/C=C/CCCCCCCCCCCCC. The summed E-state index contributed by atoms with van der Waals surface area (Å²) in [7, 11) is 0. The van der Waals surface area contributed by atoms with E-state index in [0.29, 0.717) is 6.42 Å². The fourth-order valence-electron chi connectivity index (χ4n) is 8.61. The van der Waals surface area contributed by atoms with Gasteiger partial charge in [-0.05, 0) is 109 Å². The number of hydrogen-bond acceptors (Lipinski definition) is 8. The van der Waals surface area contributed by atoms with E-state index in [1.54, 1.807) is 6.08 Å².